The third kappa shape index (κ3) is 1.61. The number of methoxy groups -OCH3 is 1. The summed E-state index contributed by atoms with van der Waals surface area (Å²) in [5.41, 5.74) is 2.05. The predicted octanol–water partition coefficient (Wildman–Crippen LogP) is 2.59. The number of rotatable bonds is 2. The largest absolute Gasteiger partial charge is 0.481 e. The Balaban J connectivity index is 2.82. The van der Waals surface area contributed by atoms with Crippen LogP contribution < -0.4 is 10.1 Å². The molecule has 78 valence electrons. The van der Waals surface area contributed by atoms with Crippen LogP contribution in [0.15, 0.2) is 24.3 Å². The number of hydrogen-bond donors (Lipinski definition) is 1. The van der Waals surface area contributed by atoms with Crippen molar-refractivity contribution < 1.29 is 4.74 Å². The van der Waals surface area contributed by atoms with Gasteiger partial charge in [0.2, 0.25) is 5.88 Å². The fourth-order valence-electron chi connectivity index (χ4n) is 1.74. The first kappa shape index (κ1) is 9.77. The Labute approximate surface area is 89.1 Å². The first-order chi connectivity index (χ1) is 7.26. The Morgan fingerprint density at radius 2 is 2.07 bits per heavy atom. The molecule has 0 fully saturated rings. The zero-order valence-electron chi connectivity index (χ0n) is 9.16. The summed E-state index contributed by atoms with van der Waals surface area (Å²) < 4.78 is 5.27. The maximum Gasteiger partial charge on any atom is 0.221 e. The van der Waals surface area contributed by atoms with E-state index in [0.717, 1.165) is 22.2 Å². The van der Waals surface area contributed by atoms with E-state index in [4.69, 9.17) is 4.74 Å². The van der Waals surface area contributed by atoms with Gasteiger partial charge in [-0.15, -0.1) is 0 Å². The molecule has 2 rings (SSSR count). The fourth-order valence-corrected chi connectivity index (χ4v) is 1.74. The summed E-state index contributed by atoms with van der Waals surface area (Å²) in [6.45, 7) is 1.97. The second-order valence-corrected chi connectivity index (χ2v) is 3.42. The second-order valence-electron chi connectivity index (χ2n) is 3.42. The number of anilines is 1. The standard InChI is InChI=1S/C12H14N2O/c1-8-7-10-9(12(14-8)15-3)5-4-6-11(10)13-2/h4-7,13H,1-3H3. The van der Waals surface area contributed by atoms with Crippen LogP contribution >= 0.6 is 0 Å². The van der Waals surface area contributed by atoms with Gasteiger partial charge in [-0.1, -0.05) is 6.07 Å². The number of nitrogens with one attached hydrogen (secondary N) is 1. The average molecular weight is 202 g/mol. The highest BCUT2D eigenvalue weighted by molar-refractivity contribution is 5.96. The molecular formula is C12H14N2O. The van der Waals surface area contributed by atoms with E-state index in [0.29, 0.717) is 5.88 Å². The molecule has 0 saturated heterocycles. The molecule has 15 heavy (non-hydrogen) atoms. The van der Waals surface area contributed by atoms with Gasteiger partial charge in [-0.05, 0) is 25.1 Å². The Morgan fingerprint density at radius 1 is 1.27 bits per heavy atom. The molecule has 0 unspecified atom stereocenters. The molecular weight excluding hydrogens is 188 g/mol. The van der Waals surface area contributed by atoms with Gasteiger partial charge in [0, 0.05) is 29.2 Å². The fraction of sp³-hybridized carbons (Fsp3) is 0.250. The minimum atomic E-state index is 0.683. The number of aromatic nitrogens is 1. The molecule has 3 nitrogen and oxygen atoms in total. The van der Waals surface area contributed by atoms with Crippen molar-refractivity contribution in [1.29, 1.82) is 0 Å². The van der Waals surface area contributed by atoms with Crippen LogP contribution in [0.1, 0.15) is 5.69 Å². The second kappa shape index (κ2) is 3.77. The van der Waals surface area contributed by atoms with E-state index in [1.807, 2.05) is 32.2 Å². The van der Waals surface area contributed by atoms with Crippen LogP contribution in [0.2, 0.25) is 0 Å². The average Bonchev–Trinajstić information content (AvgIpc) is 2.27. The number of ether oxygens (including phenoxy) is 1. The van der Waals surface area contributed by atoms with E-state index in [-0.39, 0.29) is 0 Å². The van der Waals surface area contributed by atoms with Crippen LogP contribution in [-0.2, 0) is 0 Å². The van der Waals surface area contributed by atoms with E-state index >= 15 is 0 Å². The first-order valence-corrected chi connectivity index (χ1v) is 4.88. The quantitative estimate of drug-likeness (QED) is 0.812. The zero-order valence-corrected chi connectivity index (χ0v) is 9.16. The van der Waals surface area contributed by atoms with Gasteiger partial charge in [0.05, 0.1) is 7.11 Å². The Hall–Kier alpha value is -1.77. The molecule has 0 aliphatic heterocycles. The van der Waals surface area contributed by atoms with Gasteiger partial charge >= 0.3 is 0 Å². The zero-order chi connectivity index (χ0) is 10.8. The molecule has 1 aromatic carbocycles. The van der Waals surface area contributed by atoms with Crippen LogP contribution in [0.5, 0.6) is 5.88 Å². The summed E-state index contributed by atoms with van der Waals surface area (Å²) in [5.74, 6) is 0.683. The molecule has 0 amide bonds. The van der Waals surface area contributed by atoms with Crippen molar-refractivity contribution in [2.24, 2.45) is 0 Å². The van der Waals surface area contributed by atoms with Gasteiger partial charge < -0.3 is 10.1 Å². The molecule has 1 N–H and O–H groups in total. The van der Waals surface area contributed by atoms with Crippen molar-refractivity contribution in [2.75, 3.05) is 19.5 Å². The highest BCUT2D eigenvalue weighted by atomic mass is 16.5. The van der Waals surface area contributed by atoms with Crippen LogP contribution in [0.4, 0.5) is 5.69 Å². The molecule has 0 radical (unpaired) electrons. The van der Waals surface area contributed by atoms with Crippen molar-refractivity contribution in [3.8, 4) is 5.88 Å². The van der Waals surface area contributed by atoms with Gasteiger partial charge in [-0.3, -0.25) is 0 Å². The van der Waals surface area contributed by atoms with Gasteiger partial charge in [0.15, 0.2) is 0 Å². The maximum absolute atomic E-state index is 5.27. The van der Waals surface area contributed by atoms with Gasteiger partial charge in [-0.2, -0.15) is 0 Å². The predicted molar refractivity (Wildman–Crippen MR) is 62.6 cm³/mol. The van der Waals surface area contributed by atoms with Crippen LogP contribution in [0, 0.1) is 6.92 Å². The third-order valence-corrected chi connectivity index (χ3v) is 2.43. The van der Waals surface area contributed by atoms with E-state index in [2.05, 4.69) is 16.4 Å². The molecule has 1 aromatic heterocycles. The lowest BCUT2D eigenvalue weighted by molar-refractivity contribution is 0.402. The molecule has 0 aliphatic rings. The van der Waals surface area contributed by atoms with Gasteiger partial charge in [0.1, 0.15) is 0 Å². The summed E-state index contributed by atoms with van der Waals surface area (Å²) in [5, 5.41) is 5.35. The van der Waals surface area contributed by atoms with E-state index in [9.17, 15) is 0 Å². The maximum atomic E-state index is 5.27. The summed E-state index contributed by atoms with van der Waals surface area (Å²) in [4.78, 5) is 4.35. The smallest absolute Gasteiger partial charge is 0.221 e. The number of nitrogens with zero attached hydrogens (tertiary/aromatic N) is 1. The van der Waals surface area contributed by atoms with Gasteiger partial charge in [0.25, 0.3) is 0 Å². The molecule has 2 aromatic rings. The molecule has 0 atom stereocenters. The summed E-state index contributed by atoms with van der Waals surface area (Å²) in [6.07, 6.45) is 0. The van der Waals surface area contributed by atoms with Crippen molar-refractivity contribution in [1.82, 2.24) is 4.98 Å². The molecule has 0 bridgehead atoms. The topological polar surface area (TPSA) is 34.1 Å². The van der Waals surface area contributed by atoms with Crippen molar-refractivity contribution >= 4 is 16.5 Å². The Morgan fingerprint density at radius 3 is 2.73 bits per heavy atom. The normalized spacial score (nSPS) is 10.3. The van der Waals surface area contributed by atoms with Crippen LogP contribution in [0.25, 0.3) is 10.8 Å². The molecule has 0 saturated carbocycles. The summed E-state index contributed by atoms with van der Waals surface area (Å²) >= 11 is 0. The lowest BCUT2D eigenvalue weighted by Gasteiger charge is -2.09. The Bertz CT molecular complexity index is 494. The minimum absolute atomic E-state index is 0.683. The first-order valence-electron chi connectivity index (χ1n) is 4.88. The van der Waals surface area contributed by atoms with Gasteiger partial charge in [-0.25, -0.2) is 4.98 Å². The summed E-state index contributed by atoms with van der Waals surface area (Å²) in [6, 6.07) is 8.11. The van der Waals surface area contributed by atoms with Crippen molar-refractivity contribution in [2.45, 2.75) is 6.92 Å². The molecule has 3 heteroatoms. The highest BCUT2D eigenvalue weighted by Gasteiger charge is 2.06. The highest BCUT2D eigenvalue weighted by Crippen LogP contribution is 2.29. The minimum Gasteiger partial charge on any atom is -0.481 e. The summed E-state index contributed by atoms with van der Waals surface area (Å²) in [7, 11) is 3.56. The van der Waals surface area contributed by atoms with E-state index in [1.165, 1.54) is 0 Å². The third-order valence-electron chi connectivity index (χ3n) is 2.43. The number of pyridine rings is 1. The number of hydrogen-bond acceptors (Lipinski definition) is 3. The van der Waals surface area contributed by atoms with Crippen molar-refractivity contribution in [3.05, 3.63) is 30.0 Å². The Kier molecular flexibility index (Phi) is 2.46. The van der Waals surface area contributed by atoms with E-state index in [1.54, 1.807) is 7.11 Å². The van der Waals surface area contributed by atoms with Crippen LogP contribution in [0.3, 0.4) is 0 Å². The lowest BCUT2D eigenvalue weighted by Crippen LogP contribution is -1.95. The van der Waals surface area contributed by atoms with Crippen molar-refractivity contribution in [3.63, 3.8) is 0 Å². The monoisotopic (exact) mass is 202 g/mol. The molecule has 0 spiro atoms. The number of fused-ring (bicyclic) bond motifs is 1. The van der Waals surface area contributed by atoms with E-state index < -0.39 is 0 Å². The number of benzene rings is 1. The SMILES string of the molecule is CNc1cccc2c(OC)nc(C)cc12. The molecule has 1 heterocycles. The lowest BCUT2D eigenvalue weighted by atomic mass is 10.1. The number of aryl methyl sites for hydroxylation is 1. The van der Waals surface area contributed by atoms with Crippen LogP contribution in [-0.4, -0.2) is 19.1 Å². The molecule has 0 aliphatic carbocycles.